The van der Waals surface area contributed by atoms with Crippen LogP contribution in [0.3, 0.4) is 0 Å². The van der Waals surface area contributed by atoms with Crippen molar-refractivity contribution in [3.05, 3.63) is 0 Å². The van der Waals surface area contributed by atoms with E-state index in [1.54, 1.807) is 0 Å². The molecule has 0 aromatic rings. The Bertz CT molecular complexity index is 55.1. The van der Waals surface area contributed by atoms with Gasteiger partial charge >= 0.3 is 23.1 Å². The first-order valence-electron chi connectivity index (χ1n) is 0.748. The summed E-state index contributed by atoms with van der Waals surface area (Å²) in [6, 6.07) is 0. The fourth-order valence-corrected chi connectivity index (χ4v) is 0. The minimum atomic E-state index is -5.14. The summed E-state index contributed by atoms with van der Waals surface area (Å²) in [5.74, 6) is 0. The summed E-state index contributed by atoms with van der Waals surface area (Å²) in [7, 11) is -5.14. The van der Waals surface area contributed by atoms with E-state index in [0.717, 1.165) is 0 Å². The van der Waals surface area contributed by atoms with E-state index in [0.29, 0.717) is 0 Å². The van der Waals surface area contributed by atoms with Gasteiger partial charge in [-0.2, -0.15) is 0 Å². The molecule has 0 atom stereocenters. The number of hydrogen-bond acceptors (Lipinski definition) is 3. The van der Waals surface area contributed by atoms with Crippen molar-refractivity contribution in [1.82, 2.24) is 0 Å². The molecule has 0 unspecified atom stereocenters. The van der Waals surface area contributed by atoms with Crippen LogP contribution in [-0.2, 0) is 4.57 Å². The SMILES string of the molecule is O.O.O.O=P([O-])([O-])O.[Mg+2]. The van der Waals surface area contributed by atoms with Gasteiger partial charge in [-0.25, -0.2) is 0 Å². The maximum Gasteiger partial charge on any atom is 2.00 e. The second kappa shape index (κ2) is 11.5. The molecule has 0 amide bonds. The molecule has 7 N–H and O–H groups in total. The van der Waals surface area contributed by atoms with Gasteiger partial charge < -0.3 is 35.7 Å². The standard InChI is InChI=1S/Mg.H3O4P.3H2O/c;1-5(2,3)4;;;/h;(H3,1,2,3,4);3*1H2/q+2;;;;/p-2. The summed E-state index contributed by atoms with van der Waals surface area (Å²) in [5.41, 5.74) is 0. The molecule has 9 heavy (non-hydrogen) atoms. The molecule has 9 heteroatoms. The fourth-order valence-electron chi connectivity index (χ4n) is 0. The molecule has 0 aliphatic rings. The molecule has 0 radical (unpaired) electrons. The summed E-state index contributed by atoms with van der Waals surface area (Å²) in [6.45, 7) is 0. The van der Waals surface area contributed by atoms with Crippen molar-refractivity contribution in [1.29, 1.82) is 0 Å². The van der Waals surface area contributed by atoms with E-state index >= 15 is 0 Å². The molecular formula is H7MgO7P. The smallest absolute Gasteiger partial charge is 0.790 e. The van der Waals surface area contributed by atoms with Gasteiger partial charge in [0.05, 0.1) is 7.82 Å². The summed E-state index contributed by atoms with van der Waals surface area (Å²) < 4.78 is 8.66. The monoisotopic (exact) mass is 174 g/mol. The van der Waals surface area contributed by atoms with Crippen molar-refractivity contribution < 1.29 is 35.7 Å². The third-order valence-corrected chi connectivity index (χ3v) is 0. The van der Waals surface area contributed by atoms with Crippen LogP contribution in [0.2, 0.25) is 0 Å². The van der Waals surface area contributed by atoms with Crippen molar-refractivity contribution in [3.63, 3.8) is 0 Å². The van der Waals surface area contributed by atoms with Gasteiger partial charge in [-0.05, 0) is 0 Å². The maximum absolute atomic E-state index is 8.66. The first-order chi connectivity index (χ1) is 2.00. The van der Waals surface area contributed by atoms with Crippen LogP contribution >= 0.6 is 7.82 Å². The largest absolute Gasteiger partial charge is 2.00 e. The van der Waals surface area contributed by atoms with Crippen LogP contribution in [0, 0.1) is 0 Å². The Morgan fingerprint density at radius 3 is 1.11 bits per heavy atom. The Balaban J connectivity index is -0.0000000133. The van der Waals surface area contributed by atoms with E-state index in [2.05, 4.69) is 0 Å². The predicted molar refractivity (Wildman–Crippen MR) is 26.4 cm³/mol. The molecular weight excluding hydrogens is 167 g/mol. The van der Waals surface area contributed by atoms with Gasteiger partial charge in [0.2, 0.25) is 0 Å². The van der Waals surface area contributed by atoms with E-state index in [9.17, 15) is 0 Å². The van der Waals surface area contributed by atoms with E-state index in [4.69, 9.17) is 19.2 Å². The normalized spacial score (nSPS) is 6.56. The van der Waals surface area contributed by atoms with Crippen LogP contribution < -0.4 is 9.79 Å². The van der Waals surface area contributed by atoms with Gasteiger partial charge in [0.25, 0.3) is 0 Å². The van der Waals surface area contributed by atoms with Crippen molar-refractivity contribution >= 4 is 30.9 Å². The van der Waals surface area contributed by atoms with E-state index in [1.807, 2.05) is 0 Å². The Labute approximate surface area is 67.0 Å². The molecule has 0 spiro atoms. The van der Waals surface area contributed by atoms with Gasteiger partial charge in [0.15, 0.2) is 0 Å². The zero-order chi connectivity index (χ0) is 4.50. The molecule has 56 valence electrons. The zero-order valence-corrected chi connectivity index (χ0v) is 6.63. The molecule has 7 nitrogen and oxygen atoms in total. The van der Waals surface area contributed by atoms with Crippen LogP contribution in [0.1, 0.15) is 0 Å². The van der Waals surface area contributed by atoms with Crippen LogP contribution in [-0.4, -0.2) is 44.4 Å². The molecule has 0 aliphatic carbocycles. The van der Waals surface area contributed by atoms with Crippen LogP contribution in [0.15, 0.2) is 0 Å². The molecule has 0 aromatic carbocycles. The Kier molecular flexibility index (Phi) is 42.4. The minimum absolute atomic E-state index is 0. The molecule has 0 saturated heterocycles. The first kappa shape index (κ1) is 33.1. The van der Waals surface area contributed by atoms with Crippen LogP contribution in [0.5, 0.6) is 0 Å². The van der Waals surface area contributed by atoms with Gasteiger partial charge in [-0.3, -0.25) is 0 Å². The molecule has 0 heterocycles. The topological polar surface area (TPSA) is 178 Å². The van der Waals surface area contributed by atoms with E-state index in [1.165, 1.54) is 0 Å². The molecule has 0 bridgehead atoms. The summed E-state index contributed by atoms with van der Waals surface area (Å²) in [5, 5.41) is 0. The van der Waals surface area contributed by atoms with Gasteiger partial charge in [0.1, 0.15) is 0 Å². The van der Waals surface area contributed by atoms with Crippen molar-refractivity contribution in [2.75, 3.05) is 0 Å². The Hall–Kier alpha value is 0.756. The zero-order valence-electron chi connectivity index (χ0n) is 4.33. The Morgan fingerprint density at radius 1 is 1.11 bits per heavy atom. The Morgan fingerprint density at radius 2 is 1.11 bits per heavy atom. The summed E-state index contributed by atoms with van der Waals surface area (Å²) in [4.78, 5) is 24.3. The molecule has 0 saturated carbocycles. The number of hydrogen-bond donors (Lipinski definition) is 1. The van der Waals surface area contributed by atoms with Gasteiger partial charge in [0, 0.05) is 0 Å². The minimum Gasteiger partial charge on any atom is -0.790 e. The van der Waals surface area contributed by atoms with Crippen LogP contribution in [0.25, 0.3) is 0 Å². The van der Waals surface area contributed by atoms with Crippen LogP contribution in [0.4, 0.5) is 0 Å². The molecule has 0 aliphatic heterocycles. The van der Waals surface area contributed by atoms with Crippen molar-refractivity contribution in [2.24, 2.45) is 0 Å². The third kappa shape index (κ3) is 699. The molecule has 0 rings (SSSR count). The first-order valence-corrected chi connectivity index (χ1v) is 2.24. The van der Waals surface area contributed by atoms with Crippen molar-refractivity contribution in [3.8, 4) is 0 Å². The predicted octanol–water partition coefficient (Wildman–Crippen LogP) is -5.05. The second-order valence-electron chi connectivity index (χ2n) is 0.469. The van der Waals surface area contributed by atoms with E-state index < -0.39 is 7.82 Å². The maximum atomic E-state index is 8.66. The number of rotatable bonds is 0. The summed E-state index contributed by atoms with van der Waals surface area (Å²) >= 11 is 0. The second-order valence-corrected chi connectivity index (χ2v) is 1.41. The average molecular weight is 174 g/mol. The van der Waals surface area contributed by atoms with Crippen molar-refractivity contribution in [2.45, 2.75) is 0 Å². The molecule has 0 fully saturated rings. The average Bonchev–Trinajstić information content (AvgIpc) is 0.722. The quantitative estimate of drug-likeness (QED) is 0.285. The van der Waals surface area contributed by atoms with Gasteiger partial charge in [-0.1, -0.05) is 0 Å². The van der Waals surface area contributed by atoms with Gasteiger partial charge in [-0.15, -0.1) is 0 Å². The fraction of sp³-hybridized carbons (Fsp3) is 0. The molecule has 0 aromatic heterocycles. The number of phosphoric acid groups is 1. The third-order valence-electron chi connectivity index (χ3n) is 0. The summed E-state index contributed by atoms with van der Waals surface area (Å²) in [6.07, 6.45) is 0. The van der Waals surface area contributed by atoms with E-state index in [-0.39, 0.29) is 39.5 Å².